The van der Waals surface area contributed by atoms with E-state index in [2.05, 4.69) is 10.2 Å². The number of benzene rings is 1. The molecular weight excluding hydrogens is 422 g/mol. The van der Waals surface area contributed by atoms with Crippen LogP contribution >= 0.6 is 11.3 Å². The summed E-state index contributed by atoms with van der Waals surface area (Å²) in [6, 6.07) is 11.0. The van der Waals surface area contributed by atoms with Crippen molar-refractivity contribution in [1.29, 1.82) is 0 Å². The maximum absolute atomic E-state index is 12.7. The molecule has 1 aliphatic rings. The van der Waals surface area contributed by atoms with Gasteiger partial charge in [-0.3, -0.25) is 4.79 Å². The molecule has 1 fully saturated rings. The summed E-state index contributed by atoms with van der Waals surface area (Å²) in [7, 11) is 0.481. The third kappa shape index (κ3) is 6.04. The summed E-state index contributed by atoms with van der Waals surface area (Å²) in [6.07, 6.45) is 1.38. The third-order valence-corrected chi connectivity index (χ3v) is 8.28. The molecule has 1 saturated heterocycles. The Bertz CT molecular complexity index is 912. The van der Waals surface area contributed by atoms with Gasteiger partial charge < -0.3 is 15.0 Å². The van der Waals surface area contributed by atoms with Gasteiger partial charge in [-0.05, 0) is 56.1 Å². The molecule has 2 aromatic rings. The normalized spacial score (nSPS) is 17.8. The van der Waals surface area contributed by atoms with E-state index in [0.29, 0.717) is 36.7 Å². The van der Waals surface area contributed by atoms with E-state index in [9.17, 15) is 13.2 Å². The number of hydrogen-bond acceptors (Lipinski definition) is 6. The number of hydrogen-bond donors (Lipinski definition) is 1. The molecule has 3 rings (SSSR count). The van der Waals surface area contributed by atoms with Crippen molar-refractivity contribution < 1.29 is 17.9 Å². The lowest BCUT2D eigenvalue weighted by Crippen LogP contribution is -2.45. The average Bonchev–Trinajstić information content (AvgIpc) is 3.29. The van der Waals surface area contributed by atoms with Gasteiger partial charge in [0.2, 0.25) is 5.91 Å². The Balaban J connectivity index is 1.50. The first-order valence-corrected chi connectivity index (χ1v) is 12.4. The Kier molecular flexibility index (Phi) is 7.87. The zero-order valence-electron chi connectivity index (χ0n) is 17.4. The van der Waals surface area contributed by atoms with Gasteiger partial charge in [0.25, 0.3) is 10.0 Å². The number of amides is 1. The standard InChI is InChI=1S/C21H29N3O4S2/c1-23(2)12-13-28-19-9-7-17(8-10-19)15-22-21(25)18-5-3-11-24(16-18)30(26,27)20-6-4-14-29-20/h4,6-10,14,18H,3,5,11-13,15-16H2,1-2H3,(H,22,25). The summed E-state index contributed by atoms with van der Waals surface area (Å²) >= 11 is 1.21. The minimum Gasteiger partial charge on any atom is -0.492 e. The summed E-state index contributed by atoms with van der Waals surface area (Å²) in [4.78, 5) is 14.7. The number of thiophene rings is 1. The third-order valence-electron chi connectivity index (χ3n) is 5.04. The average molecular weight is 452 g/mol. The number of ether oxygens (including phenoxy) is 1. The molecule has 0 saturated carbocycles. The highest BCUT2D eigenvalue weighted by Crippen LogP contribution is 2.26. The lowest BCUT2D eigenvalue weighted by Gasteiger charge is -2.30. The number of nitrogens with zero attached hydrogens (tertiary/aromatic N) is 2. The Hall–Kier alpha value is -1.94. The maximum atomic E-state index is 12.7. The fraction of sp³-hybridized carbons (Fsp3) is 0.476. The molecule has 1 N–H and O–H groups in total. The first-order valence-electron chi connectivity index (χ1n) is 10.0. The fourth-order valence-electron chi connectivity index (χ4n) is 3.30. The van der Waals surface area contributed by atoms with Gasteiger partial charge in [-0.25, -0.2) is 8.42 Å². The highest BCUT2D eigenvalue weighted by Gasteiger charge is 2.33. The summed E-state index contributed by atoms with van der Waals surface area (Å²) in [5, 5.41) is 4.70. The second-order valence-electron chi connectivity index (χ2n) is 7.65. The van der Waals surface area contributed by atoms with Crippen LogP contribution in [0.3, 0.4) is 0 Å². The Morgan fingerprint density at radius 3 is 2.70 bits per heavy atom. The van der Waals surface area contributed by atoms with Crippen LogP contribution in [-0.2, 0) is 21.4 Å². The Morgan fingerprint density at radius 1 is 1.27 bits per heavy atom. The van der Waals surface area contributed by atoms with E-state index in [4.69, 9.17) is 4.74 Å². The molecule has 1 amide bonds. The van der Waals surface area contributed by atoms with E-state index < -0.39 is 10.0 Å². The van der Waals surface area contributed by atoms with Gasteiger partial charge >= 0.3 is 0 Å². The van der Waals surface area contributed by atoms with Gasteiger partial charge in [0.05, 0.1) is 5.92 Å². The van der Waals surface area contributed by atoms with Crippen molar-refractivity contribution >= 4 is 27.3 Å². The van der Waals surface area contributed by atoms with Crippen LogP contribution in [0.4, 0.5) is 0 Å². The highest BCUT2D eigenvalue weighted by atomic mass is 32.2. The summed E-state index contributed by atoms with van der Waals surface area (Å²) in [6.45, 7) is 2.56. The van der Waals surface area contributed by atoms with Gasteiger partial charge in [0, 0.05) is 26.2 Å². The number of carbonyl (C=O) groups is 1. The van der Waals surface area contributed by atoms with Crippen LogP contribution in [0.25, 0.3) is 0 Å². The highest BCUT2D eigenvalue weighted by molar-refractivity contribution is 7.91. The zero-order chi connectivity index (χ0) is 21.6. The van der Waals surface area contributed by atoms with Crippen LogP contribution in [-0.4, -0.2) is 63.9 Å². The lowest BCUT2D eigenvalue weighted by molar-refractivity contribution is -0.126. The second-order valence-corrected chi connectivity index (χ2v) is 10.8. The number of sulfonamides is 1. The van der Waals surface area contributed by atoms with Gasteiger partial charge in [-0.2, -0.15) is 4.31 Å². The van der Waals surface area contributed by atoms with Crippen molar-refractivity contribution in [3.63, 3.8) is 0 Å². The SMILES string of the molecule is CN(C)CCOc1ccc(CNC(=O)C2CCCN(S(=O)(=O)c3cccs3)C2)cc1. The molecule has 1 aliphatic heterocycles. The molecule has 7 nitrogen and oxygen atoms in total. The summed E-state index contributed by atoms with van der Waals surface area (Å²) < 4.78 is 32.9. The van der Waals surface area contributed by atoms with Crippen LogP contribution in [0, 0.1) is 5.92 Å². The van der Waals surface area contributed by atoms with E-state index in [0.717, 1.165) is 17.9 Å². The van der Waals surface area contributed by atoms with Gasteiger partial charge in [-0.15, -0.1) is 11.3 Å². The predicted molar refractivity (Wildman–Crippen MR) is 118 cm³/mol. The van der Waals surface area contributed by atoms with E-state index in [-0.39, 0.29) is 18.4 Å². The summed E-state index contributed by atoms with van der Waals surface area (Å²) in [5.74, 6) is 0.364. The first kappa shape index (κ1) is 22.7. The van der Waals surface area contributed by atoms with Crippen LogP contribution in [0.5, 0.6) is 5.75 Å². The molecule has 0 radical (unpaired) electrons. The van der Waals surface area contributed by atoms with E-state index >= 15 is 0 Å². The second kappa shape index (κ2) is 10.4. The molecule has 0 spiro atoms. The molecule has 1 atom stereocenters. The van der Waals surface area contributed by atoms with Crippen LogP contribution in [0.15, 0.2) is 46.0 Å². The van der Waals surface area contributed by atoms with Crippen molar-refractivity contribution in [2.45, 2.75) is 23.6 Å². The molecule has 0 aliphatic carbocycles. The van der Waals surface area contributed by atoms with Crippen molar-refractivity contribution in [3.8, 4) is 5.75 Å². The minimum absolute atomic E-state index is 0.104. The Morgan fingerprint density at radius 2 is 2.03 bits per heavy atom. The van der Waals surface area contributed by atoms with E-state index in [1.54, 1.807) is 17.5 Å². The first-order chi connectivity index (χ1) is 14.4. The maximum Gasteiger partial charge on any atom is 0.252 e. The molecular formula is C21H29N3O4S2. The molecule has 30 heavy (non-hydrogen) atoms. The van der Waals surface area contributed by atoms with Gasteiger partial charge in [0.15, 0.2) is 0 Å². The smallest absolute Gasteiger partial charge is 0.252 e. The van der Waals surface area contributed by atoms with Crippen molar-refractivity contribution in [2.24, 2.45) is 5.92 Å². The number of carbonyl (C=O) groups excluding carboxylic acids is 1. The van der Waals surface area contributed by atoms with Crippen molar-refractivity contribution in [1.82, 2.24) is 14.5 Å². The lowest BCUT2D eigenvalue weighted by atomic mass is 9.99. The molecule has 1 unspecified atom stereocenters. The molecule has 2 heterocycles. The van der Waals surface area contributed by atoms with Gasteiger partial charge in [-0.1, -0.05) is 18.2 Å². The van der Waals surface area contributed by atoms with E-state index in [1.165, 1.54) is 15.6 Å². The molecule has 164 valence electrons. The summed E-state index contributed by atoms with van der Waals surface area (Å²) in [5.41, 5.74) is 0.974. The minimum atomic E-state index is -3.52. The Labute approximate surface area is 182 Å². The molecule has 1 aromatic heterocycles. The molecule has 9 heteroatoms. The topological polar surface area (TPSA) is 79.0 Å². The monoisotopic (exact) mass is 451 g/mol. The van der Waals surface area contributed by atoms with E-state index in [1.807, 2.05) is 38.4 Å². The largest absolute Gasteiger partial charge is 0.492 e. The quantitative estimate of drug-likeness (QED) is 0.633. The van der Waals surface area contributed by atoms with Gasteiger partial charge in [0.1, 0.15) is 16.6 Å². The number of likely N-dealkylation sites (N-methyl/N-ethyl adjacent to an activating group) is 1. The molecule has 0 bridgehead atoms. The number of piperidine rings is 1. The number of nitrogens with one attached hydrogen (secondary N) is 1. The van der Waals surface area contributed by atoms with Crippen molar-refractivity contribution in [3.05, 3.63) is 47.3 Å². The van der Waals surface area contributed by atoms with Crippen LogP contribution in [0.1, 0.15) is 18.4 Å². The predicted octanol–water partition coefficient (Wildman–Crippen LogP) is 2.41. The van der Waals surface area contributed by atoms with Crippen molar-refractivity contribution in [2.75, 3.05) is 40.3 Å². The zero-order valence-corrected chi connectivity index (χ0v) is 19.0. The molecule has 1 aromatic carbocycles. The fourth-order valence-corrected chi connectivity index (χ4v) is 5.96. The van der Waals surface area contributed by atoms with Crippen LogP contribution < -0.4 is 10.1 Å². The number of rotatable bonds is 9. The van der Waals surface area contributed by atoms with Crippen LogP contribution in [0.2, 0.25) is 0 Å².